The number of furan rings is 1. The average Bonchev–Trinajstić information content (AvgIpc) is 2.87. The molecular weight excluding hydrogens is 216 g/mol. The first-order valence-electron chi connectivity index (χ1n) is 5.44. The van der Waals surface area contributed by atoms with Crippen LogP contribution in [0.5, 0.6) is 0 Å². The van der Waals surface area contributed by atoms with Gasteiger partial charge < -0.3 is 9.73 Å². The van der Waals surface area contributed by atoms with E-state index in [1.165, 1.54) is 0 Å². The third-order valence-corrected chi connectivity index (χ3v) is 2.99. The summed E-state index contributed by atoms with van der Waals surface area (Å²) in [6, 6.07) is 9.68. The molecule has 1 aliphatic rings. The summed E-state index contributed by atoms with van der Waals surface area (Å²) in [6.07, 6.45) is 1.64. The van der Waals surface area contributed by atoms with Crippen LogP contribution in [0.2, 0.25) is 0 Å². The summed E-state index contributed by atoms with van der Waals surface area (Å²) in [5, 5.41) is 2.81. The fraction of sp³-hybridized carbons (Fsp3) is 0.154. The molecule has 17 heavy (non-hydrogen) atoms. The molecule has 0 saturated carbocycles. The topological polar surface area (TPSA) is 45.5 Å². The minimum absolute atomic E-state index is 0.0749. The van der Waals surface area contributed by atoms with Crippen LogP contribution >= 0.6 is 0 Å². The number of rotatable bonds is 1. The van der Waals surface area contributed by atoms with Gasteiger partial charge in [0.25, 0.3) is 0 Å². The number of hydrogen-bond acceptors (Lipinski definition) is 2. The molecule has 0 spiro atoms. The Hall–Kier alpha value is -2.23. The van der Waals surface area contributed by atoms with Crippen LogP contribution in [0.15, 0.2) is 41.0 Å². The largest absolute Gasteiger partial charge is 0.464 e. The maximum absolute atomic E-state index is 11.5. The minimum atomic E-state index is -0.0749. The molecule has 1 N–H and O–H groups in total. The first-order chi connectivity index (χ1) is 8.25. The summed E-state index contributed by atoms with van der Waals surface area (Å²) in [5.41, 5.74) is 3.03. The lowest BCUT2D eigenvalue weighted by atomic mass is 10.1. The van der Waals surface area contributed by atoms with E-state index < -0.39 is 0 Å². The maximum atomic E-state index is 11.5. The molecule has 4 nitrogen and oxygen atoms in total. The van der Waals surface area contributed by atoms with Crippen LogP contribution in [-0.4, -0.2) is 13.1 Å². The second-order valence-electron chi connectivity index (χ2n) is 4.04. The van der Waals surface area contributed by atoms with Gasteiger partial charge in [0.1, 0.15) is 5.76 Å². The van der Waals surface area contributed by atoms with Gasteiger partial charge in [-0.3, -0.25) is 4.90 Å². The zero-order chi connectivity index (χ0) is 11.8. The molecule has 0 radical (unpaired) electrons. The highest BCUT2D eigenvalue weighted by atomic mass is 16.3. The second kappa shape index (κ2) is 3.66. The van der Waals surface area contributed by atoms with Crippen LogP contribution in [0.1, 0.15) is 5.56 Å². The minimum Gasteiger partial charge on any atom is -0.464 e. The van der Waals surface area contributed by atoms with E-state index in [4.69, 9.17) is 4.42 Å². The van der Waals surface area contributed by atoms with Crippen molar-refractivity contribution in [1.29, 1.82) is 0 Å². The molecule has 0 bridgehead atoms. The molecule has 0 unspecified atom stereocenters. The third kappa shape index (κ3) is 1.58. The van der Waals surface area contributed by atoms with Crippen LogP contribution in [0.3, 0.4) is 0 Å². The lowest BCUT2D eigenvalue weighted by Crippen LogP contribution is -2.41. The number of anilines is 1. The van der Waals surface area contributed by atoms with Gasteiger partial charge in [-0.1, -0.05) is 12.1 Å². The molecule has 0 fully saturated rings. The molecule has 2 amide bonds. The van der Waals surface area contributed by atoms with E-state index in [2.05, 4.69) is 5.32 Å². The fourth-order valence-corrected chi connectivity index (χ4v) is 2.02. The molecular formula is C13H12N2O2. The van der Waals surface area contributed by atoms with Crippen LogP contribution in [-0.2, 0) is 6.54 Å². The number of urea groups is 1. The van der Waals surface area contributed by atoms with Crippen molar-refractivity contribution in [2.24, 2.45) is 0 Å². The highest BCUT2D eigenvalue weighted by molar-refractivity contribution is 5.95. The van der Waals surface area contributed by atoms with E-state index >= 15 is 0 Å². The standard InChI is InChI=1S/C13H12N2O2/c1-15-11-7-9(12-3-2-6-17-12)4-5-10(11)8-14-13(15)16/h2-7H,8H2,1H3,(H,14,16). The van der Waals surface area contributed by atoms with Crippen LogP contribution in [0.4, 0.5) is 10.5 Å². The summed E-state index contributed by atoms with van der Waals surface area (Å²) >= 11 is 0. The van der Waals surface area contributed by atoms with E-state index in [1.807, 2.05) is 30.3 Å². The second-order valence-corrected chi connectivity index (χ2v) is 4.04. The van der Waals surface area contributed by atoms with E-state index in [0.717, 1.165) is 22.6 Å². The van der Waals surface area contributed by atoms with E-state index in [0.29, 0.717) is 6.54 Å². The van der Waals surface area contributed by atoms with Crippen molar-refractivity contribution in [3.63, 3.8) is 0 Å². The van der Waals surface area contributed by atoms with Gasteiger partial charge in [0, 0.05) is 19.2 Å². The van der Waals surface area contributed by atoms with Crippen molar-refractivity contribution in [2.45, 2.75) is 6.54 Å². The predicted octanol–water partition coefficient (Wildman–Crippen LogP) is 2.61. The van der Waals surface area contributed by atoms with Gasteiger partial charge in [-0.2, -0.15) is 0 Å². The Morgan fingerprint density at radius 3 is 3.00 bits per heavy atom. The molecule has 0 saturated heterocycles. The molecule has 4 heteroatoms. The number of nitrogens with one attached hydrogen (secondary N) is 1. The van der Waals surface area contributed by atoms with Gasteiger partial charge in [0.15, 0.2) is 0 Å². The normalized spacial score (nSPS) is 14.4. The number of carbonyl (C=O) groups excluding carboxylic acids is 1. The Labute approximate surface area is 98.8 Å². The van der Waals surface area contributed by atoms with Gasteiger partial charge in [-0.15, -0.1) is 0 Å². The Balaban J connectivity index is 2.09. The maximum Gasteiger partial charge on any atom is 0.321 e. The van der Waals surface area contributed by atoms with Gasteiger partial charge in [-0.05, 0) is 23.8 Å². The quantitative estimate of drug-likeness (QED) is 0.815. The number of amides is 2. The molecule has 0 aliphatic carbocycles. The van der Waals surface area contributed by atoms with E-state index in [-0.39, 0.29) is 6.03 Å². The molecule has 1 aliphatic heterocycles. The fourth-order valence-electron chi connectivity index (χ4n) is 2.02. The van der Waals surface area contributed by atoms with Crippen LogP contribution in [0, 0.1) is 0 Å². The van der Waals surface area contributed by atoms with E-state index in [9.17, 15) is 4.79 Å². The summed E-state index contributed by atoms with van der Waals surface area (Å²) in [7, 11) is 1.76. The number of carbonyl (C=O) groups is 1. The molecule has 3 rings (SSSR count). The average molecular weight is 228 g/mol. The Morgan fingerprint density at radius 1 is 1.35 bits per heavy atom. The molecule has 2 aromatic rings. The van der Waals surface area contributed by atoms with Crippen molar-refractivity contribution in [3.8, 4) is 11.3 Å². The SMILES string of the molecule is CN1C(=O)NCc2ccc(-c3ccco3)cc21. The number of nitrogens with zero attached hydrogens (tertiary/aromatic N) is 1. The van der Waals surface area contributed by atoms with Crippen molar-refractivity contribution in [1.82, 2.24) is 5.32 Å². The zero-order valence-corrected chi connectivity index (χ0v) is 9.43. The van der Waals surface area contributed by atoms with Crippen molar-refractivity contribution < 1.29 is 9.21 Å². The lowest BCUT2D eigenvalue weighted by molar-refractivity contribution is 0.246. The first-order valence-corrected chi connectivity index (χ1v) is 5.44. The highest BCUT2D eigenvalue weighted by Gasteiger charge is 2.20. The highest BCUT2D eigenvalue weighted by Crippen LogP contribution is 2.29. The lowest BCUT2D eigenvalue weighted by Gasteiger charge is -2.26. The Bertz CT molecular complexity index is 561. The monoisotopic (exact) mass is 228 g/mol. The predicted molar refractivity (Wildman–Crippen MR) is 64.8 cm³/mol. The van der Waals surface area contributed by atoms with Crippen molar-refractivity contribution in [3.05, 3.63) is 42.2 Å². The summed E-state index contributed by atoms with van der Waals surface area (Å²) in [6.45, 7) is 0.580. The molecule has 1 aromatic heterocycles. The number of benzene rings is 1. The van der Waals surface area contributed by atoms with Crippen molar-refractivity contribution in [2.75, 3.05) is 11.9 Å². The third-order valence-electron chi connectivity index (χ3n) is 2.99. The summed E-state index contributed by atoms with van der Waals surface area (Å²) in [5.74, 6) is 0.812. The van der Waals surface area contributed by atoms with Crippen molar-refractivity contribution >= 4 is 11.7 Å². The molecule has 86 valence electrons. The Morgan fingerprint density at radius 2 is 2.24 bits per heavy atom. The van der Waals surface area contributed by atoms with Gasteiger partial charge in [0.05, 0.1) is 12.0 Å². The van der Waals surface area contributed by atoms with Gasteiger partial charge in [0.2, 0.25) is 0 Å². The first kappa shape index (κ1) is 9.96. The molecule has 2 heterocycles. The smallest absolute Gasteiger partial charge is 0.321 e. The van der Waals surface area contributed by atoms with Crippen LogP contribution < -0.4 is 10.2 Å². The molecule has 0 atom stereocenters. The van der Waals surface area contributed by atoms with Crippen LogP contribution in [0.25, 0.3) is 11.3 Å². The number of hydrogen-bond donors (Lipinski definition) is 1. The summed E-state index contributed by atoms with van der Waals surface area (Å²) in [4.78, 5) is 13.2. The summed E-state index contributed by atoms with van der Waals surface area (Å²) < 4.78 is 5.35. The van der Waals surface area contributed by atoms with Gasteiger partial charge >= 0.3 is 6.03 Å². The van der Waals surface area contributed by atoms with Gasteiger partial charge in [-0.25, -0.2) is 4.79 Å². The Kier molecular flexibility index (Phi) is 2.14. The zero-order valence-electron chi connectivity index (χ0n) is 9.43. The van der Waals surface area contributed by atoms with E-state index in [1.54, 1.807) is 18.2 Å². The molecule has 1 aromatic carbocycles. The number of fused-ring (bicyclic) bond motifs is 1.